The molecule has 5 rings (SSSR count). The minimum absolute atomic E-state index is 0.0285. The van der Waals surface area contributed by atoms with Crippen molar-refractivity contribution in [1.29, 1.82) is 5.26 Å². The molecule has 7 nitrogen and oxygen atoms in total. The van der Waals surface area contributed by atoms with E-state index in [1.165, 1.54) is 0 Å². The van der Waals surface area contributed by atoms with E-state index < -0.39 is 0 Å². The molecule has 0 atom stereocenters. The standard InChI is InChI=1S/C26H27N5O2/c27-16-22-20-8-4-9-21(20)25(23-10-5-15-33-23)29-26(22)31-13-11-30(12-14-31)18-24(32)28-17-19-6-2-1-3-7-19/h1-3,5-7,10,15H,4,8-9,11-14,17-18H2,(H,28,32). The third-order valence-corrected chi connectivity index (χ3v) is 6.48. The summed E-state index contributed by atoms with van der Waals surface area (Å²) in [5.41, 5.74) is 4.93. The van der Waals surface area contributed by atoms with Gasteiger partial charge in [-0.2, -0.15) is 5.26 Å². The van der Waals surface area contributed by atoms with E-state index in [1.807, 2.05) is 42.5 Å². The normalized spacial score (nSPS) is 15.8. The second-order valence-corrected chi connectivity index (χ2v) is 8.58. The average Bonchev–Trinajstić information content (AvgIpc) is 3.56. The van der Waals surface area contributed by atoms with Crippen molar-refractivity contribution in [2.24, 2.45) is 0 Å². The van der Waals surface area contributed by atoms with Crippen molar-refractivity contribution in [2.75, 3.05) is 37.6 Å². The van der Waals surface area contributed by atoms with E-state index in [9.17, 15) is 10.1 Å². The second kappa shape index (κ2) is 9.47. The van der Waals surface area contributed by atoms with E-state index in [2.05, 4.69) is 21.2 Å². The molecule has 1 amide bonds. The number of amides is 1. The maximum Gasteiger partial charge on any atom is 0.234 e. The largest absolute Gasteiger partial charge is 0.463 e. The van der Waals surface area contributed by atoms with Crippen molar-refractivity contribution in [1.82, 2.24) is 15.2 Å². The smallest absolute Gasteiger partial charge is 0.234 e. The Balaban J connectivity index is 1.26. The Morgan fingerprint density at radius 3 is 2.58 bits per heavy atom. The number of fused-ring (bicyclic) bond motifs is 1. The summed E-state index contributed by atoms with van der Waals surface area (Å²) in [5, 5.41) is 13.0. The lowest BCUT2D eigenvalue weighted by Gasteiger charge is -2.35. The van der Waals surface area contributed by atoms with Gasteiger partial charge in [-0.05, 0) is 48.1 Å². The van der Waals surface area contributed by atoms with Crippen LogP contribution < -0.4 is 10.2 Å². The van der Waals surface area contributed by atoms with Crippen LogP contribution in [0.3, 0.4) is 0 Å². The monoisotopic (exact) mass is 441 g/mol. The highest BCUT2D eigenvalue weighted by molar-refractivity contribution is 5.78. The zero-order chi connectivity index (χ0) is 22.6. The summed E-state index contributed by atoms with van der Waals surface area (Å²) in [5.74, 6) is 1.53. The van der Waals surface area contributed by atoms with Crippen LogP contribution in [0.1, 0.15) is 28.7 Å². The molecule has 1 N–H and O–H groups in total. The van der Waals surface area contributed by atoms with E-state index in [4.69, 9.17) is 9.40 Å². The minimum Gasteiger partial charge on any atom is -0.463 e. The number of nitrogens with zero attached hydrogens (tertiary/aromatic N) is 4. The van der Waals surface area contributed by atoms with E-state index in [0.717, 1.165) is 79.4 Å². The lowest BCUT2D eigenvalue weighted by molar-refractivity contribution is -0.122. The van der Waals surface area contributed by atoms with Gasteiger partial charge >= 0.3 is 0 Å². The SMILES string of the molecule is N#Cc1c(N2CCN(CC(=O)NCc3ccccc3)CC2)nc(-c2ccco2)c2c1CCC2. The molecule has 33 heavy (non-hydrogen) atoms. The molecule has 0 radical (unpaired) electrons. The number of carbonyl (C=O) groups excluding carboxylic acids is 1. The number of anilines is 1. The Morgan fingerprint density at radius 2 is 1.85 bits per heavy atom. The molecule has 2 aliphatic rings. The fourth-order valence-electron chi connectivity index (χ4n) is 4.78. The number of pyridine rings is 1. The second-order valence-electron chi connectivity index (χ2n) is 8.58. The van der Waals surface area contributed by atoms with Crippen molar-refractivity contribution >= 4 is 11.7 Å². The zero-order valence-corrected chi connectivity index (χ0v) is 18.6. The summed E-state index contributed by atoms with van der Waals surface area (Å²) >= 11 is 0. The molecule has 1 aliphatic heterocycles. The number of carbonyl (C=O) groups is 1. The van der Waals surface area contributed by atoms with Crippen molar-refractivity contribution in [3.63, 3.8) is 0 Å². The summed E-state index contributed by atoms with van der Waals surface area (Å²) in [7, 11) is 0. The van der Waals surface area contributed by atoms with Crippen LogP contribution in [0.25, 0.3) is 11.5 Å². The number of nitrogens with one attached hydrogen (secondary N) is 1. The van der Waals surface area contributed by atoms with Gasteiger partial charge in [0.05, 0.1) is 18.4 Å². The average molecular weight is 442 g/mol. The van der Waals surface area contributed by atoms with Gasteiger partial charge in [0.25, 0.3) is 0 Å². The molecular formula is C26H27N5O2. The van der Waals surface area contributed by atoms with Crippen LogP contribution in [0, 0.1) is 11.3 Å². The van der Waals surface area contributed by atoms with Gasteiger partial charge in [-0.3, -0.25) is 9.69 Å². The maximum atomic E-state index is 12.4. The highest BCUT2D eigenvalue weighted by Gasteiger charge is 2.29. The fourth-order valence-corrected chi connectivity index (χ4v) is 4.78. The molecule has 3 aromatic rings. The Hall–Kier alpha value is -3.63. The molecule has 1 fully saturated rings. The van der Waals surface area contributed by atoms with Crippen molar-refractivity contribution < 1.29 is 9.21 Å². The molecule has 3 heterocycles. The summed E-state index contributed by atoms with van der Waals surface area (Å²) in [6.45, 7) is 3.87. The van der Waals surface area contributed by atoms with Crippen LogP contribution >= 0.6 is 0 Å². The third-order valence-electron chi connectivity index (χ3n) is 6.48. The summed E-state index contributed by atoms with van der Waals surface area (Å²) < 4.78 is 5.66. The van der Waals surface area contributed by atoms with Crippen molar-refractivity contribution in [3.8, 4) is 17.5 Å². The third kappa shape index (κ3) is 4.48. The summed E-state index contributed by atoms with van der Waals surface area (Å²) in [6.07, 6.45) is 4.54. The number of hydrogen-bond acceptors (Lipinski definition) is 6. The van der Waals surface area contributed by atoms with Gasteiger partial charge in [0.2, 0.25) is 5.91 Å². The molecule has 0 bridgehead atoms. The van der Waals surface area contributed by atoms with Gasteiger partial charge in [0, 0.05) is 32.7 Å². The summed E-state index contributed by atoms with van der Waals surface area (Å²) in [6, 6.07) is 16.2. The van der Waals surface area contributed by atoms with Crippen molar-refractivity contribution in [3.05, 3.63) is 71.0 Å². The molecular weight excluding hydrogens is 414 g/mol. The zero-order valence-electron chi connectivity index (χ0n) is 18.6. The number of piperazine rings is 1. The topological polar surface area (TPSA) is 85.4 Å². The first-order valence-electron chi connectivity index (χ1n) is 11.5. The molecule has 2 aromatic heterocycles. The van der Waals surface area contributed by atoms with Crippen LogP contribution in [0.5, 0.6) is 0 Å². The highest BCUT2D eigenvalue weighted by Crippen LogP contribution is 2.37. The van der Waals surface area contributed by atoms with Gasteiger partial charge in [0.15, 0.2) is 5.76 Å². The van der Waals surface area contributed by atoms with E-state index >= 15 is 0 Å². The van der Waals surface area contributed by atoms with Crippen LogP contribution in [-0.2, 0) is 24.2 Å². The molecule has 7 heteroatoms. The maximum absolute atomic E-state index is 12.4. The van der Waals surface area contributed by atoms with Crippen molar-refractivity contribution in [2.45, 2.75) is 25.8 Å². The lowest BCUT2D eigenvalue weighted by atomic mass is 10.0. The van der Waals surface area contributed by atoms with Gasteiger partial charge in [-0.15, -0.1) is 0 Å². The number of aromatic nitrogens is 1. The number of benzene rings is 1. The van der Waals surface area contributed by atoms with Gasteiger partial charge < -0.3 is 14.6 Å². The van der Waals surface area contributed by atoms with E-state index in [1.54, 1.807) is 6.26 Å². The Morgan fingerprint density at radius 1 is 1.06 bits per heavy atom. The predicted octanol–water partition coefficient (Wildman–Crippen LogP) is 3.14. The van der Waals surface area contributed by atoms with Crippen LogP contribution in [-0.4, -0.2) is 48.5 Å². The van der Waals surface area contributed by atoms with E-state index in [0.29, 0.717) is 18.7 Å². The van der Waals surface area contributed by atoms with Crippen LogP contribution in [0.2, 0.25) is 0 Å². The summed E-state index contributed by atoms with van der Waals surface area (Å²) in [4.78, 5) is 21.7. The first-order valence-corrected chi connectivity index (χ1v) is 11.5. The van der Waals surface area contributed by atoms with E-state index in [-0.39, 0.29) is 5.91 Å². The number of furan rings is 1. The Kier molecular flexibility index (Phi) is 6.09. The lowest BCUT2D eigenvalue weighted by Crippen LogP contribution is -2.50. The number of hydrogen-bond donors (Lipinski definition) is 1. The molecule has 0 spiro atoms. The minimum atomic E-state index is 0.0285. The van der Waals surface area contributed by atoms with Gasteiger partial charge in [-0.1, -0.05) is 30.3 Å². The first-order chi connectivity index (χ1) is 16.2. The first kappa shape index (κ1) is 21.2. The molecule has 0 saturated carbocycles. The fraction of sp³-hybridized carbons (Fsp3) is 0.346. The van der Waals surface area contributed by atoms with Gasteiger partial charge in [0.1, 0.15) is 17.6 Å². The molecule has 1 aliphatic carbocycles. The van der Waals surface area contributed by atoms with Crippen LogP contribution in [0.4, 0.5) is 5.82 Å². The number of nitriles is 1. The quantitative estimate of drug-likeness (QED) is 0.633. The number of rotatable bonds is 6. The molecule has 1 saturated heterocycles. The predicted molar refractivity (Wildman–Crippen MR) is 126 cm³/mol. The molecule has 168 valence electrons. The molecule has 0 unspecified atom stereocenters. The molecule has 1 aromatic carbocycles. The Labute approximate surface area is 193 Å². The van der Waals surface area contributed by atoms with Gasteiger partial charge in [-0.25, -0.2) is 4.98 Å². The van der Waals surface area contributed by atoms with Crippen LogP contribution in [0.15, 0.2) is 53.1 Å². The highest BCUT2D eigenvalue weighted by atomic mass is 16.3. The Bertz CT molecular complexity index is 1160.